The molecule has 2 heterocycles. The molecule has 0 bridgehead atoms. The van der Waals surface area contributed by atoms with Gasteiger partial charge >= 0.3 is 0 Å². The molecule has 4 rings (SSSR count). The second kappa shape index (κ2) is 8.18. The molecule has 0 aliphatic carbocycles. The van der Waals surface area contributed by atoms with E-state index in [9.17, 15) is 4.79 Å². The molecule has 5 heteroatoms. The number of hydrogen-bond donors (Lipinski definition) is 1. The molecule has 4 aromatic rings. The third-order valence-corrected chi connectivity index (χ3v) is 5.43. The molecule has 0 fully saturated rings. The maximum absolute atomic E-state index is 12.2. The van der Waals surface area contributed by atoms with Crippen molar-refractivity contribution in [2.75, 3.05) is 6.54 Å². The summed E-state index contributed by atoms with van der Waals surface area (Å²) in [5.74, 6) is 0.0253. The molecule has 27 heavy (non-hydrogen) atoms. The van der Waals surface area contributed by atoms with Crippen LogP contribution in [0.3, 0.4) is 0 Å². The quantitative estimate of drug-likeness (QED) is 0.483. The van der Waals surface area contributed by atoms with E-state index in [4.69, 9.17) is 0 Å². The zero-order chi connectivity index (χ0) is 18.5. The molecule has 0 spiro atoms. The van der Waals surface area contributed by atoms with Gasteiger partial charge in [0.25, 0.3) is 0 Å². The first-order valence-electron chi connectivity index (χ1n) is 9.10. The van der Waals surface area contributed by atoms with Gasteiger partial charge in [-0.1, -0.05) is 48.5 Å². The minimum absolute atomic E-state index is 0.0253. The molecule has 2 aromatic carbocycles. The topological polar surface area (TPSA) is 46.9 Å². The summed E-state index contributed by atoms with van der Waals surface area (Å²) in [5.41, 5.74) is 3.15. The third kappa shape index (κ3) is 4.26. The molecule has 0 saturated heterocycles. The van der Waals surface area contributed by atoms with E-state index in [2.05, 4.69) is 51.4 Å². The lowest BCUT2D eigenvalue weighted by atomic mass is 10.2. The summed E-state index contributed by atoms with van der Waals surface area (Å²) in [6, 6.07) is 20.5. The molecule has 1 N–H and O–H groups in total. The highest BCUT2D eigenvalue weighted by molar-refractivity contribution is 7.13. The summed E-state index contributed by atoms with van der Waals surface area (Å²) in [6.07, 6.45) is 3.33. The number of hydrogen-bond acceptors (Lipinski definition) is 3. The van der Waals surface area contributed by atoms with Gasteiger partial charge in [-0.2, -0.15) is 0 Å². The fourth-order valence-corrected chi connectivity index (χ4v) is 3.97. The van der Waals surface area contributed by atoms with Crippen molar-refractivity contribution in [2.24, 2.45) is 0 Å². The first-order valence-corrected chi connectivity index (χ1v) is 9.98. The molecular formula is C22H21N3OS. The molecule has 4 nitrogen and oxygen atoms in total. The van der Waals surface area contributed by atoms with Crippen molar-refractivity contribution in [2.45, 2.75) is 19.4 Å². The molecule has 0 saturated carbocycles. The van der Waals surface area contributed by atoms with Gasteiger partial charge in [-0.05, 0) is 23.9 Å². The number of nitrogens with one attached hydrogen (secondary N) is 1. The van der Waals surface area contributed by atoms with Crippen molar-refractivity contribution in [3.05, 3.63) is 77.9 Å². The Bertz CT molecular complexity index is 1040. The van der Waals surface area contributed by atoms with Crippen LogP contribution in [0.15, 0.2) is 72.2 Å². The molecule has 0 aliphatic heterocycles. The molecule has 0 radical (unpaired) electrons. The number of aromatic nitrogens is 2. The minimum atomic E-state index is 0.0253. The van der Waals surface area contributed by atoms with Crippen molar-refractivity contribution in [1.29, 1.82) is 0 Å². The lowest BCUT2D eigenvalue weighted by Crippen LogP contribution is -2.26. The number of para-hydroxylation sites is 1. The second-order valence-corrected chi connectivity index (χ2v) is 7.32. The Labute approximate surface area is 162 Å². The van der Waals surface area contributed by atoms with E-state index < -0.39 is 0 Å². The van der Waals surface area contributed by atoms with Gasteiger partial charge in [0.05, 0.1) is 12.1 Å². The molecule has 0 aliphatic rings. The zero-order valence-electron chi connectivity index (χ0n) is 15.0. The largest absolute Gasteiger partial charge is 0.356 e. The third-order valence-electron chi connectivity index (χ3n) is 4.49. The number of nitrogens with zero attached hydrogens (tertiary/aromatic N) is 2. The SMILES string of the molecule is O=C(Cc1csc(-c2ccccc2)n1)NCCCn1ccc2ccccc21. The number of carbonyl (C=O) groups is 1. The summed E-state index contributed by atoms with van der Waals surface area (Å²) in [6.45, 7) is 1.56. The van der Waals surface area contributed by atoms with E-state index in [1.807, 2.05) is 35.7 Å². The average Bonchev–Trinajstić information content (AvgIpc) is 3.33. The van der Waals surface area contributed by atoms with Crippen LogP contribution in [0.1, 0.15) is 12.1 Å². The highest BCUT2D eigenvalue weighted by Gasteiger charge is 2.08. The Kier molecular flexibility index (Phi) is 5.30. The Hall–Kier alpha value is -2.92. The standard InChI is InChI=1S/C22H21N3OS/c26-21(15-19-16-27-22(24-19)18-8-2-1-3-9-18)23-12-6-13-25-14-11-17-7-4-5-10-20(17)25/h1-5,7-11,14,16H,6,12-13,15H2,(H,23,26). The lowest BCUT2D eigenvalue weighted by Gasteiger charge is -2.07. The highest BCUT2D eigenvalue weighted by Crippen LogP contribution is 2.23. The smallest absolute Gasteiger partial charge is 0.226 e. The minimum Gasteiger partial charge on any atom is -0.356 e. The maximum Gasteiger partial charge on any atom is 0.226 e. The monoisotopic (exact) mass is 375 g/mol. The fourth-order valence-electron chi connectivity index (χ4n) is 3.14. The van der Waals surface area contributed by atoms with E-state index >= 15 is 0 Å². The summed E-state index contributed by atoms with van der Waals surface area (Å²) >= 11 is 1.58. The Balaban J connectivity index is 1.25. The highest BCUT2D eigenvalue weighted by atomic mass is 32.1. The predicted molar refractivity (Wildman–Crippen MR) is 111 cm³/mol. The van der Waals surface area contributed by atoms with Crippen molar-refractivity contribution < 1.29 is 4.79 Å². The van der Waals surface area contributed by atoms with Crippen LogP contribution in [0.2, 0.25) is 0 Å². The van der Waals surface area contributed by atoms with Crippen LogP contribution >= 0.6 is 11.3 Å². The van der Waals surface area contributed by atoms with Crippen LogP contribution in [0, 0.1) is 0 Å². The first kappa shape index (κ1) is 17.5. The number of carbonyl (C=O) groups excluding carboxylic acids is 1. The van der Waals surface area contributed by atoms with Crippen LogP contribution in [0.5, 0.6) is 0 Å². The van der Waals surface area contributed by atoms with Crippen molar-refractivity contribution >= 4 is 28.1 Å². The van der Waals surface area contributed by atoms with Crippen LogP contribution in [0.4, 0.5) is 0 Å². The zero-order valence-corrected chi connectivity index (χ0v) is 15.8. The van der Waals surface area contributed by atoms with E-state index in [1.54, 1.807) is 11.3 Å². The van der Waals surface area contributed by atoms with Gasteiger partial charge in [0, 0.05) is 35.7 Å². The van der Waals surface area contributed by atoms with Crippen LogP contribution in [-0.4, -0.2) is 22.0 Å². The van der Waals surface area contributed by atoms with E-state index in [0.717, 1.165) is 29.2 Å². The molecule has 2 aromatic heterocycles. The average molecular weight is 375 g/mol. The van der Waals surface area contributed by atoms with Crippen LogP contribution < -0.4 is 5.32 Å². The number of thiazole rings is 1. The second-order valence-electron chi connectivity index (χ2n) is 6.46. The van der Waals surface area contributed by atoms with Gasteiger partial charge < -0.3 is 9.88 Å². The van der Waals surface area contributed by atoms with E-state index in [0.29, 0.717) is 13.0 Å². The Morgan fingerprint density at radius 3 is 2.74 bits per heavy atom. The van der Waals surface area contributed by atoms with Crippen LogP contribution in [-0.2, 0) is 17.8 Å². The Morgan fingerprint density at radius 2 is 1.85 bits per heavy atom. The summed E-state index contributed by atoms with van der Waals surface area (Å²) in [7, 11) is 0. The number of amides is 1. The molecule has 1 amide bonds. The number of rotatable bonds is 7. The van der Waals surface area contributed by atoms with Gasteiger partial charge in [-0.15, -0.1) is 11.3 Å². The van der Waals surface area contributed by atoms with Gasteiger partial charge in [-0.3, -0.25) is 4.79 Å². The Morgan fingerprint density at radius 1 is 1.04 bits per heavy atom. The molecule has 0 unspecified atom stereocenters. The van der Waals surface area contributed by atoms with Crippen molar-refractivity contribution in [3.63, 3.8) is 0 Å². The summed E-state index contributed by atoms with van der Waals surface area (Å²) < 4.78 is 2.23. The van der Waals surface area contributed by atoms with Crippen LogP contribution in [0.25, 0.3) is 21.5 Å². The van der Waals surface area contributed by atoms with Gasteiger partial charge in [0.15, 0.2) is 0 Å². The van der Waals surface area contributed by atoms with E-state index in [1.165, 1.54) is 10.9 Å². The summed E-state index contributed by atoms with van der Waals surface area (Å²) in [5, 5.41) is 7.17. The lowest BCUT2D eigenvalue weighted by molar-refractivity contribution is -0.120. The van der Waals surface area contributed by atoms with E-state index in [-0.39, 0.29) is 5.91 Å². The number of fused-ring (bicyclic) bond motifs is 1. The van der Waals surface area contributed by atoms with Crippen molar-refractivity contribution in [1.82, 2.24) is 14.9 Å². The number of benzene rings is 2. The van der Waals surface area contributed by atoms with Gasteiger partial charge in [-0.25, -0.2) is 4.98 Å². The first-order chi connectivity index (χ1) is 13.3. The fraction of sp³-hybridized carbons (Fsp3) is 0.182. The molecule has 0 atom stereocenters. The molecular weight excluding hydrogens is 354 g/mol. The van der Waals surface area contributed by atoms with Gasteiger partial charge in [0.2, 0.25) is 5.91 Å². The molecule has 136 valence electrons. The van der Waals surface area contributed by atoms with Gasteiger partial charge in [0.1, 0.15) is 5.01 Å². The normalized spacial score (nSPS) is 11.0. The maximum atomic E-state index is 12.2. The summed E-state index contributed by atoms with van der Waals surface area (Å²) in [4.78, 5) is 16.8. The number of aryl methyl sites for hydroxylation is 1. The predicted octanol–water partition coefficient (Wildman–Crippen LogP) is 4.51. The van der Waals surface area contributed by atoms with Crippen molar-refractivity contribution in [3.8, 4) is 10.6 Å².